The van der Waals surface area contributed by atoms with Gasteiger partial charge in [0, 0.05) is 6.54 Å². The highest BCUT2D eigenvalue weighted by atomic mass is 16.1. The Kier molecular flexibility index (Phi) is 3.22. The molecule has 4 N–H and O–H groups in total. The van der Waals surface area contributed by atoms with Gasteiger partial charge in [0.25, 0.3) is 0 Å². The van der Waals surface area contributed by atoms with E-state index >= 15 is 0 Å². The number of rotatable bonds is 4. The Morgan fingerprint density at radius 2 is 2.21 bits per heavy atom. The van der Waals surface area contributed by atoms with E-state index in [4.69, 9.17) is 11.5 Å². The SMILES string of the molecule is CCN(CC(N)=O)c1cnc(N)cn1. The lowest BCUT2D eigenvalue weighted by Crippen LogP contribution is -2.34. The molecular weight excluding hydrogens is 182 g/mol. The normalized spacial score (nSPS) is 9.79. The summed E-state index contributed by atoms with van der Waals surface area (Å²) in [6.07, 6.45) is 2.96. The number of carbonyl (C=O) groups is 1. The topological polar surface area (TPSA) is 98.1 Å². The van der Waals surface area contributed by atoms with Gasteiger partial charge in [-0.05, 0) is 6.92 Å². The Morgan fingerprint density at radius 1 is 1.50 bits per heavy atom. The van der Waals surface area contributed by atoms with E-state index in [1.165, 1.54) is 12.4 Å². The van der Waals surface area contributed by atoms with Gasteiger partial charge in [-0.3, -0.25) is 4.79 Å². The van der Waals surface area contributed by atoms with Gasteiger partial charge in [-0.15, -0.1) is 0 Å². The van der Waals surface area contributed by atoms with Gasteiger partial charge < -0.3 is 16.4 Å². The van der Waals surface area contributed by atoms with Crippen molar-refractivity contribution >= 4 is 17.5 Å². The highest BCUT2D eigenvalue weighted by Gasteiger charge is 2.08. The summed E-state index contributed by atoms with van der Waals surface area (Å²) in [6, 6.07) is 0. The molecule has 0 unspecified atom stereocenters. The third kappa shape index (κ3) is 2.58. The minimum Gasteiger partial charge on any atom is -0.382 e. The average molecular weight is 195 g/mol. The molecule has 0 atom stereocenters. The first kappa shape index (κ1) is 10.2. The molecule has 1 heterocycles. The number of nitrogen functional groups attached to an aromatic ring is 1. The third-order valence-electron chi connectivity index (χ3n) is 1.71. The van der Waals surface area contributed by atoms with E-state index in [-0.39, 0.29) is 6.54 Å². The van der Waals surface area contributed by atoms with Crippen LogP contribution in [0.15, 0.2) is 12.4 Å². The molecule has 0 bridgehead atoms. The number of carbonyl (C=O) groups excluding carboxylic acids is 1. The summed E-state index contributed by atoms with van der Waals surface area (Å²) in [7, 11) is 0. The van der Waals surface area contributed by atoms with Gasteiger partial charge in [-0.1, -0.05) is 0 Å². The van der Waals surface area contributed by atoms with E-state index in [0.717, 1.165) is 0 Å². The fraction of sp³-hybridized carbons (Fsp3) is 0.375. The van der Waals surface area contributed by atoms with E-state index < -0.39 is 5.91 Å². The van der Waals surface area contributed by atoms with Gasteiger partial charge in [0.05, 0.1) is 18.9 Å². The van der Waals surface area contributed by atoms with Gasteiger partial charge in [0.1, 0.15) is 11.6 Å². The summed E-state index contributed by atoms with van der Waals surface area (Å²) < 4.78 is 0. The van der Waals surface area contributed by atoms with Crippen molar-refractivity contribution in [2.24, 2.45) is 5.73 Å². The van der Waals surface area contributed by atoms with Gasteiger partial charge in [0.2, 0.25) is 5.91 Å². The number of amides is 1. The standard InChI is InChI=1S/C8H13N5O/c1-2-13(5-7(10)14)8-4-11-6(9)3-12-8/h3-4H,2,5H2,1H3,(H2,9,11)(H2,10,14). The van der Waals surface area contributed by atoms with Crippen LogP contribution in [-0.4, -0.2) is 29.0 Å². The molecule has 0 aromatic carbocycles. The predicted molar refractivity (Wildman–Crippen MR) is 53.5 cm³/mol. The van der Waals surface area contributed by atoms with Gasteiger partial charge in [-0.2, -0.15) is 0 Å². The zero-order chi connectivity index (χ0) is 10.6. The van der Waals surface area contributed by atoms with Crippen molar-refractivity contribution in [3.05, 3.63) is 12.4 Å². The maximum atomic E-state index is 10.7. The van der Waals surface area contributed by atoms with Crippen LogP contribution in [0.25, 0.3) is 0 Å². The highest BCUT2D eigenvalue weighted by Crippen LogP contribution is 2.08. The Morgan fingerprint density at radius 3 is 2.64 bits per heavy atom. The van der Waals surface area contributed by atoms with Crippen molar-refractivity contribution in [2.45, 2.75) is 6.92 Å². The van der Waals surface area contributed by atoms with E-state index in [1.807, 2.05) is 6.92 Å². The Labute approximate surface area is 81.9 Å². The zero-order valence-corrected chi connectivity index (χ0v) is 7.97. The van der Waals surface area contributed by atoms with Crippen molar-refractivity contribution in [3.8, 4) is 0 Å². The predicted octanol–water partition coefficient (Wildman–Crippen LogP) is -0.630. The van der Waals surface area contributed by atoms with E-state index in [2.05, 4.69) is 9.97 Å². The molecule has 6 nitrogen and oxygen atoms in total. The average Bonchev–Trinajstić information content (AvgIpc) is 2.15. The molecule has 1 amide bonds. The van der Waals surface area contributed by atoms with E-state index in [0.29, 0.717) is 18.2 Å². The van der Waals surface area contributed by atoms with Crippen molar-refractivity contribution < 1.29 is 4.79 Å². The monoisotopic (exact) mass is 195 g/mol. The molecule has 6 heteroatoms. The molecule has 0 spiro atoms. The van der Waals surface area contributed by atoms with Crippen molar-refractivity contribution in [3.63, 3.8) is 0 Å². The highest BCUT2D eigenvalue weighted by molar-refractivity contribution is 5.79. The molecule has 0 aliphatic rings. The minimum atomic E-state index is -0.398. The van der Waals surface area contributed by atoms with Crippen LogP contribution in [-0.2, 0) is 4.79 Å². The van der Waals surface area contributed by atoms with Crippen molar-refractivity contribution in [1.82, 2.24) is 9.97 Å². The number of hydrogen-bond acceptors (Lipinski definition) is 5. The maximum absolute atomic E-state index is 10.7. The van der Waals surface area contributed by atoms with Crippen LogP contribution >= 0.6 is 0 Å². The van der Waals surface area contributed by atoms with Crippen LogP contribution in [0.2, 0.25) is 0 Å². The van der Waals surface area contributed by atoms with Gasteiger partial charge >= 0.3 is 0 Å². The van der Waals surface area contributed by atoms with Crippen molar-refractivity contribution in [1.29, 1.82) is 0 Å². The lowest BCUT2D eigenvalue weighted by Gasteiger charge is -2.19. The third-order valence-corrected chi connectivity index (χ3v) is 1.71. The summed E-state index contributed by atoms with van der Waals surface area (Å²) >= 11 is 0. The van der Waals surface area contributed by atoms with Crippen LogP contribution in [0, 0.1) is 0 Å². The Hall–Kier alpha value is -1.85. The lowest BCUT2D eigenvalue weighted by atomic mass is 10.4. The van der Waals surface area contributed by atoms with Crippen LogP contribution < -0.4 is 16.4 Å². The molecule has 76 valence electrons. The van der Waals surface area contributed by atoms with E-state index in [1.54, 1.807) is 4.90 Å². The van der Waals surface area contributed by atoms with Crippen LogP contribution in [0.3, 0.4) is 0 Å². The van der Waals surface area contributed by atoms with E-state index in [9.17, 15) is 4.79 Å². The fourth-order valence-corrected chi connectivity index (χ4v) is 1.04. The number of nitrogens with two attached hydrogens (primary N) is 2. The number of aromatic nitrogens is 2. The summed E-state index contributed by atoms with van der Waals surface area (Å²) in [5.41, 5.74) is 10.5. The molecule has 0 aliphatic heterocycles. The Bertz CT molecular complexity index is 310. The molecular formula is C8H13N5O. The van der Waals surface area contributed by atoms with Crippen molar-refractivity contribution in [2.75, 3.05) is 23.7 Å². The van der Waals surface area contributed by atoms with Gasteiger partial charge in [-0.25, -0.2) is 9.97 Å². The zero-order valence-electron chi connectivity index (χ0n) is 7.97. The summed E-state index contributed by atoms with van der Waals surface area (Å²) in [5.74, 6) is 0.551. The molecule has 0 radical (unpaired) electrons. The molecule has 1 aromatic rings. The number of nitrogens with zero attached hydrogens (tertiary/aromatic N) is 3. The second-order valence-corrected chi connectivity index (χ2v) is 2.78. The molecule has 1 rings (SSSR count). The maximum Gasteiger partial charge on any atom is 0.236 e. The Balaban J connectivity index is 2.78. The number of hydrogen-bond donors (Lipinski definition) is 2. The fourth-order valence-electron chi connectivity index (χ4n) is 1.04. The molecule has 1 aromatic heterocycles. The van der Waals surface area contributed by atoms with Gasteiger partial charge in [0.15, 0.2) is 0 Å². The lowest BCUT2D eigenvalue weighted by molar-refractivity contribution is -0.116. The first-order chi connectivity index (χ1) is 6.63. The molecule has 0 saturated carbocycles. The van der Waals surface area contributed by atoms with Crippen LogP contribution in [0.1, 0.15) is 6.92 Å². The molecule has 0 fully saturated rings. The quantitative estimate of drug-likeness (QED) is 0.666. The number of primary amides is 1. The first-order valence-electron chi connectivity index (χ1n) is 4.24. The summed E-state index contributed by atoms with van der Waals surface area (Å²) in [4.78, 5) is 20.3. The largest absolute Gasteiger partial charge is 0.382 e. The molecule has 0 saturated heterocycles. The summed E-state index contributed by atoms with van der Waals surface area (Å²) in [6.45, 7) is 2.68. The second-order valence-electron chi connectivity index (χ2n) is 2.78. The summed E-state index contributed by atoms with van der Waals surface area (Å²) in [5, 5.41) is 0. The van der Waals surface area contributed by atoms with Crippen LogP contribution in [0.4, 0.5) is 11.6 Å². The number of anilines is 2. The first-order valence-corrected chi connectivity index (χ1v) is 4.24. The minimum absolute atomic E-state index is 0.134. The van der Waals surface area contributed by atoms with Crippen LogP contribution in [0.5, 0.6) is 0 Å². The molecule has 14 heavy (non-hydrogen) atoms. The molecule has 0 aliphatic carbocycles. The smallest absolute Gasteiger partial charge is 0.236 e. The number of likely N-dealkylation sites (N-methyl/N-ethyl adjacent to an activating group) is 1. The second kappa shape index (κ2) is 4.40.